The summed E-state index contributed by atoms with van der Waals surface area (Å²) in [6.07, 6.45) is 1.93. The van der Waals surface area contributed by atoms with Gasteiger partial charge in [-0.1, -0.05) is 6.07 Å². The molecule has 28 heavy (non-hydrogen) atoms. The van der Waals surface area contributed by atoms with Gasteiger partial charge in [-0.05, 0) is 69.7 Å². The van der Waals surface area contributed by atoms with Gasteiger partial charge in [-0.25, -0.2) is 0 Å². The highest BCUT2D eigenvalue weighted by Crippen LogP contribution is 2.29. The summed E-state index contributed by atoms with van der Waals surface area (Å²) in [7, 11) is 3.69. The molecule has 3 rings (SSSR count). The van der Waals surface area contributed by atoms with Crippen molar-refractivity contribution in [2.24, 2.45) is 0 Å². The van der Waals surface area contributed by atoms with Crippen molar-refractivity contribution in [2.75, 3.05) is 40.4 Å². The van der Waals surface area contributed by atoms with Crippen LogP contribution in [0.5, 0.6) is 11.5 Å². The van der Waals surface area contributed by atoms with Crippen molar-refractivity contribution < 1.29 is 19.0 Å². The lowest BCUT2D eigenvalue weighted by Crippen LogP contribution is -2.33. The fourth-order valence-electron chi connectivity index (χ4n) is 3.64. The molecule has 2 aromatic rings. The highest BCUT2D eigenvalue weighted by molar-refractivity contribution is 5.43. The van der Waals surface area contributed by atoms with Crippen LogP contribution in [0, 0.1) is 6.92 Å². The van der Waals surface area contributed by atoms with Crippen LogP contribution in [-0.2, 0) is 13.1 Å². The van der Waals surface area contributed by atoms with Crippen molar-refractivity contribution >= 4 is 0 Å². The zero-order valence-corrected chi connectivity index (χ0v) is 17.2. The van der Waals surface area contributed by atoms with E-state index < -0.39 is 6.10 Å². The van der Waals surface area contributed by atoms with E-state index in [2.05, 4.69) is 16.8 Å². The van der Waals surface area contributed by atoms with E-state index in [4.69, 9.17) is 13.9 Å². The van der Waals surface area contributed by atoms with Gasteiger partial charge in [0.05, 0.1) is 13.7 Å². The topological polar surface area (TPSA) is 58.3 Å². The summed E-state index contributed by atoms with van der Waals surface area (Å²) in [4.78, 5) is 4.47. The summed E-state index contributed by atoms with van der Waals surface area (Å²) >= 11 is 0. The van der Waals surface area contributed by atoms with E-state index in [1.54, 1.807) is 7.11 Å². The van der Waals surface area contributed by atoms with Gasteiger partial charge >= 0.3 is 0 Å². The summed E-state index contributed by atoms with van der Waals surface area (Å²) < 4.78 is 17.0. The third-order valence-electron chi connectivity index (χ3n) is 5.00. The number of β-amino-alcohol motifs (C(OH)–C–C–N with tert-alkyl or cyclic N) is 1. The normalized spacial score (nSPS) is 15.9. The number of benzene rings is 1. The Labute approximate surface area is 167 Å². The molecule has 1 saturated heterocycles. The number of nitrogens with zero attached hydrogens (tertiary/aromatic N) is 2. The number of hydrogen-bond donors (Lipinski definition) is 1. The van der Waals surface area contributed by atoms with E-state index >= 15 is 0 Å². The van der Waals surface area contributed by atoms with Crippen molar-refractivity contribution in [1.29, 1.82) is 0 Å². The second kappa shape index (κ2) is 9.96. The van der Waals surface area contributed by atoms with Gasteiger partial charge in [0.1, 0.15) is 24.2 Å². The van der Waals surface area contributed by atoms with Gasteiger partial charge in [0.15, 0.2) is 11.5 Å². The molecule has 1 aliphatic heterocycles. The molecule has 0 saturated carbocycles. The van der Waals surface area contributed by atoms with Crippen LogP contribution < -0.4 is 9.47 Å². The number of aliphatic hydroxyl groups excluding tert-OH is 1. The number of aryl methyl sites for hydroxylation is 1. The largest absolute Gasteiger partial charge is 0.493 e. The van der Waals surface area contributed by atoms with Gasteiger partial charge in [0, 0.05) is 13.1 Å². The minimum absolute atomic E-state index is 0.262. The maximum atomic E-state index is 10.3. The number of aliphatic hydroxyl groups is 1. The molecular weight excluding hydrogens is 356 g/mol. The zero-order chi connectivity index (χ0) is 19.9. The number of hydrogen-bond acceptors (Lipinski definition) is 6. The predicted octanol–water partition coefficient (Wildman–Crippen LogP) is 3.06. The fourth-order valence-corrected chi connectivity index (χ4v) is 3.64. The maximum Gasteiger partial charge on any atom is 0.161 e. The lowest BCUT2D eigenvalue weighted by Gasteiger charge is -2.21. The molecule has 1 fully saturated rings. The molecule has 0 spiro atoms. The molecular formula is C22H32N2O4. The summed E-state index contributed by atoms with van der Waals surface area (Å²) in [6.45, 7) is 6.51. The van der Waals surface area contributed by atoms with Gasteiger partial charge in [-0.3, -0.25) is 4.90 Å². The molecule has 1 aliphatic rings. The summed E-state index contributed by atoms with van der Waals surface area (Å²) in [6, 6.07) is 9.94. The van der Waals surface area contributed by atoms with Crippen molar-refractivity contribution in [1.82, 2.24) is 9.80 Å². The van der Waals surface area contributed by atoms with E-state index in [9.17, 15) is 5.11 Å². The Hall–Kier alpha value is -2.02. The Bertz CT molecular complexity index is 740. The first-order valence-corrected chi connectivity index (χ1v) is 9.97. The monoisotopic (exact) mass is 388 g/mol. The number of likely N-dealkylation sites (tertiary alicyclic amines) is 1. The quantitative estimate of drug-likeness (QED) is 0.675. The maximum absolute atomic E-state index is 10.3. The van der Waals surface area contributed by atoms with Crippen LogP contribution in [0.1, 0.15) is 29.9 Å². The van der Waals surface area contributed by atoms with E-state index in [1.165, 1.54) is 12.8 Å². The van der Waals surface area contributed by atoms with Crippen LogP contribution in [0.2, 0.25) is 0 Å². The van der Waals surface area contributed by atoms with Gasteiger partial charge in [0.2, 0.25) is 0 Å². The molecule has 6 nitrogen and oxygen atoms in total. The number of methoxy groups -OCH3 is 1. The van der Waals surface area contributed by atoms with Crippen LogP contribution in [0.25, 0.3) is 0 Å². The Morgan fingerprint density at radius 1 is 1.14 bits per heavy atom. The van der Waals surface area contributed by atoms with Crippen LogP contribution in [0.4, 0.5) is 0 Å². The third-order valence-corrected chi connectivity index (χ3v) is 5.00. The van der Waals surface area contributed by atoms with Crippen molar-refractivity contribution in [3.63, 3.8) is 0 Å². The molecule has 0 amide bonds. The fraction of sp³-hybridized carbons (Fsp3) is 0.545. The summed E-state index contributed by atoms with van der Waals surface area (Å²) in [5.74, 6) is 3.23. The van der Waals surface area contributed by atoms with Gasteiger partial charge < -0.3 is 23.9 Å². The van der Waals surface area contributed by atoms with Crippen LogP contribution in [0.15, 0.2) is 34.7 Å². The molecule has 0 aliphatic carbocycles. The minimum atomic E-state index is -0.503. The van der Waals surface area contributed by atoms with E-state index in [1.807, 2.05) is 37.3 Å². The Morgan fingerprint density at radius 3 is 2.61 bits per heavy atom. The molecule has 1 N–H and O–H groups in total. The molecule has 1 aromatic carbocycles. The Balaban J connectivity index is 1.55. The molecule has 0 bridgehead atoms. The summed E-state index contributed by atoms with van der Waals surface area (Å²) in [5.41, 5.74) is 1.12. The molecule has 2 heterocycles. The first-order chi connectivity index (χ1) is 13.5. The van der Waals surface area contributed by atoms with Crippen molar-refractivity contribution in [3.8, 4) is 11.5 Å². The SMILES string of the molecule is COc1ccc(CN(C)Cc2ccc(C)o2)cc1OCC(O)CN1CCCC1. The number of furan rings is 1. The molecule has 1 aromatic heterocycles. The lowest BCUT2D eigenvalue weighted by molar-refractivity contribution is 0.0746. The number of ether oxygens (including phenoxy) is 2. The number of rotatable bonds is 10. The van der Waals surface area contributed by atoms with Crippen molar-refractivity contribution in [2.45, 2.75) is 39.0 Å². The highest BCUT2D eigenvalue weighted by atomic mass is 16.5. The third kappa shape index (κ3) is 5.99. The predicted molar refractivity (Wildman–Crippen MR) is 109 cm³/mol. The van der Waals surface area contributed by atoms with Crippen LogP contribution in [-0.4, -0.2) is 61.4 Å². The smallest absolute Gasteiger partial charge is 0.161 e. The van der Waals surface area contributed by atoms with E-state index in [0.29, 0.717) is 18.0 Å². The van der Waals surface area contributed by atoms with Crippen LogP contribution >= 0.6 is 0 Å². The molecule has 6 heteroatoms. The average Bonchev–Trinajstić information content (AvgIpc) is 3.31. The Morgan fingerprint density at radius 2 is 1.93 bits per heavy atom. The second-order valence-corrected chi connectivity index (χ2v) is 7.64. The van der Waals surface area contributed by atoms with Crippen molar-refractivity contribution in [3.05, 3.63) is 47.4 Å². The zero-order valence-electron chi connectivity index (χ0n) is 17.2. The van der Waals surface area contributed by atoms with Crippen LogP contribution in [0.3, 0.4) is 0 Å². The Kier molecular flexibility index (Phi) is 7.36. The van der Waals surface area contributed by atoms with Gasteiger partial charge in [-0.2, -0.15) is 0 Å². The second-order valence-electron chi connectivity index (χ2n) is 7.64. The van der Waals surface area contributed by atoms with E-state index in [-0.39, 0.29) is 6.61 Å². The molecule has 1 unspecified atom stereocenters. The molecule has 1 atom stereocenters. The highest BCUT2D eigenvalue weighted by Gasteiger charge is 2.17. The standard InChI is InChI=1S/C22H32N2O4/c1-17-6-8-20(28-17)15-23(2)13-18-7-9-21(26-3)22(12-18)27-16-19(25)14-24-10-4-5-11-24/h6-9,12,19,25H,4-5,10-11,13-16H2,1-3H3. The average molecular weight is 389 g/mol. The first-order valence-electron chi connectivity index (χ1n) is 9.97. The lowest BCUT2D eigenvalue weighted by atomic mass is 10.2. The molecule has 0 radical (unpaired) electrons. The van der Waals surface area contributed by atoms with Gasteiger partial charge in [-0.15, -0.1) is 0 Å². The molecule has 154 valence electrons. The summed E-state index contributed by atoms with van der Waals surface area (Å²) in [5, 5.41) is 10.3. The van der Waals surface area contributed by atoms with Gasteiger partial charge in [0.25, 0.3) is 0 Å². The minimum Gasteiger partial charge on any atom is -0.493 e. The van der Waals surface area contributed by atoms with E-state index in [0.717, 1.165) is 43.3 Å². The first kappa shape index (κ1) is 20.7.